The van der Waals surface area contributed by atoms with Gasteiger partial charge in [-0.1, -0.05) is 24.8 Å². The first-order chi connectivity index (χ1) is 4.59. The molecule has 0 radical (unpaired) electrons. The molecule has 0 aromatic carbocycles. The average Bonchev–Trinajstić information content (AvgIpc) is 1.81. The van der Waals surface area contributed by atoms with Crippen LogP contribution >= 0.6 is 11.6 Å². The molecule has 0 amide bonds. The van der Waals surface area contributed by atoms with E-state index in [4.69, 9.17) is 16.7 Å². The number of carbonyl (C=O) groups is 1. The van der Waals surface area contributed by atoms with Gasteiger partial charge in [0.15, 0.2) is 5.71 Å². The Hall–Kier alpha value is -1.09. The van der Waals surface area contributed by atoms with E-state index in [1.165, 1.54) is 0 Å². The normalized spacial score (nSPS) is 10.7. The van der Waals surface area contributed by atoms with Crippen LogP contribution in [0.25, 0.3) is 0 Å². The highest BCUT2D eigenvalue weighted by molar-refractivity contribution is 6.57. The van der Waals surface area contributed by atoms with Crippen molar-refractivity contribution in [2.24, 2.45) is 4.99 Å². The molecule has 10 heavy (non-hydrogen) atoms. The number of aliphatic imine (C=N–C) groups is 1. The van der Waals surface area contributed by atoms with Crippen molar-refractivity contribution in [3.05, 3.63) is 24.4 Å². The molecule has 0 spiro atoms. The van der Waals surface area contributed by atoms with Gasteiger partial charge in [-0.25, -0.2) is 9.79 Å². The summed E-state index contributed by atoms with van der Waals surface area (Å²) in [6.07, 6.45) is 1.09. The maximum absolute atomic E-state index is 10.2. The number of hydrogen-bond donors (Lipinski definition) is 1. The summed E-state index contributed by atoms with van der Waals surface area (Å²) in [5.74, 6) is -1.21. The van der Waals surface area contributed by atoms with Gasteiger partial charge in [0.2, 0.25) is 0 Å². The van der Waals surface area contributed by atoms with Gasteiger partial charge >= 0.3 is 5.97 Å². The van der Waals surface area contributed by atoms with E-state index < -0.39 is 5.97 Å². The zero-order valence-electron chi connectivity index (χ0n) is 5.17. The Bertz CT molecular complexity index is 192. The van der Waals surface area contributed by atoms with Crippen molar-refractivity contribution in [2.75, 3.05) is 0 Å². The number of rotatable bonds is 3. The Balaban J connectivity index is 4.58. The summed E-state index contributed by atoms with van der Waals surface area (Å²) < 4.78 is 0. The van der Waals surface area contributed by atoms with E-state index >= 15 is 0 Å². The predicted octanol–water partition coefficient (Wildman–Crippen LogP) is 1.41. The monoisotopic (exact) mass is 159 g/mol. The van der Waals surface area contributed by atoms with Crippen LogP contribution in [0.5, 0.6) is 0 Å². The van der Waals surface area contributed by atoms with E-state index in [1.54, 1.807) is 0 Å². The fourth-order valence-electron chi connectivity index (χ4n) is 0.333. The average molecular weight is 160 g/mol. The molecule has 0 fully saturated rings. The molecule has 0 saturated heterocycles. The van der Waals surface area contributed by atoms with E-state index in [9.17, 15) is 4.79 Å². The molecule has 0 aliphatic carbocycles. The fourth-order valence-corrected chi connectivity index (χ4v) is 0.462. The highest BCUT2D eigenvalue weighted by Crippen LogP contribution is 2.00. The predicted molar refractivity (Wildman–Crippen MR) is 40.3 cm³/mol. The molecule has 0 aromatic heterocycles. The third-order valence-corrected chi connectivity index (χ3v) is 0.859. The Morgan fingerprint density at radius 3 is 2.30 bits per heavy atom. The van der Waals surface area contributed by atoms with Crippen LogP contribution in [-0.2, 0) is 4.79 Å². The van der Waals surface area contributed by atoms with Crippen molar-refractivity contribution in [1.29, 1.82) is 0 Å². The van der Waals surface area contributed by atoms with Crippen molar-refractivity contribution < 1.29 is 9.90 Å². The topological polar surface area (TPSA) is 49.7 Å². The van der Waals surface area contributed by atoms with Crippen molar-refractivity contribution in [3.63, 3.8) is 0 Å². The molecule has 54 valence electrons. The quantitative estimate of drug-likeness (QED) is 0.633. The smallest absolute Gasteiger partial charge is 0.356 e. The zero-order valence-corrected chi connectivity index (χ0v) is 5.93. The van der Waals surface area contributed by atoms with Gasteiger partial charge in [-0.2, -0.15) is 0 Å². The zero-order chi connectivity index (χ0) is 8.15. The first kappa shape index (κ1) is 8.91. The number of nitrogens with zero attached hydrogens (tertiary/aromatic N) is 1. The van der Waals surface area contributed by atoms with E-state index in [-0.39, 0.29) is 10.7 Å². The van der Waals surface area contributed by atoms with Crippen molar-refractivity contribution in [3.8, 4) is 0 Å². The minimum atomic E-state index is -1.21. The summed E-state index contributed by atoms with van der Waals surface area (Å²) in [5.41, 5.74) is -0.281. The van der Waals surface area contributed by atoms with E-state index in [1.807, 2.05) is 0 Å². The van der Waals surface area contributed by atoms with Gasteiger partial charge in [-0.15, -0.1) is 0 Å². The second-order valence-corrected chi connectivity index (χ2v) is 1.83. The highest BCUT2D eigenvalue weighted by Gasteiger charge is 2.09. The van der Waals surface area contributed by atoms with Crippen LogP contribution in [0.1, 0.15) is 0 Å². The Labute approximate surface area is 63.3 Å². The van der Waals surface area contributed by atoms with Gasteiger partial charge in [0.1, 0.15) is 0 Å². The second-order valence-electron chi connectivity index (χ2n) is 1.37. The number of hydrogen-bond acceptors (Lipinski definition) is 2. The molecule has 0 heterocycles. The lowest BCUT2D eigenvalue weighted by Crippen LogP contribution is -2.11. The van der Waals surface area contributed by atoms with Crippen LogP contribution in [-0.4, -0.2) is 16.8 Å². The first-order valence-electron chi connectivity index (χ1n) is 2.36. The number of aliphatic carboxylic acids is 1. The van der Waals surface area contributed by atoms with Gasteiger partial charge in [0.25, 0.3) is 0 Å². The minimum absolute atomic E-state index is 0.104. The van der Waals surface area contributed by atoms with Crippen molar-refractivity contribution in [2.45, 2.75) is 0 Å². The lowest BCUT2D eigenvalue weighted by Gasteiger charge is -1.92. The molecule has 1 N–H and O–H groups in total. The van der Waals surface area contributed by atoms with E-state index in [0.29, 0.717) is 0 Å². The maximum Gasteiger partial charge on any atom is 0.356 e. The van der Waals surface area contributed by atoms with Gasteiger partial charge < -0.3 is 5.11 Å². The largest absolute Gasteiger partial charge is 0.476 e. The molecule has 0 unspecified atom stereocenters. The van der Waals surface area contributed by atoms with Crippen molar-refractivity contribution >= 4 is 23.3 Å². The lowest BCUT2D eigenvalue weighted by atomic mass is 10.4. The van der Waals surface area contributed by atoms with Crippen LogP contribution in [0, 0.1) is 0 Å². The van der Waals surface area contributed by atoms with Crippen LogP contribution in [0.15, 0.2) is 29.4 Å². The van der Waals surface area contributed by atoms with Crippen LogP contribution < -0.4 is 0 Å². The van der Waals surface area contributed by atoms with Crippen molar-refractivity contribution in [1.82, 2.24) is 0 Å². The third kappa shape index (κ3) is 2.46. The standard InChI is InChI=1S/C6H6ClNO2/c1-3-8-5(4(2)7)6(9)10/h3H,1-2H2,(H,9,10). The van der Waals surface area contributed by atoms with Gasteiger partial charge in [0.05, 0.1) is 5.03 Å². The molecule has 0 aliphatic heterocycles. The van der Waals surface area contributed by atoms with Gasteiger partial charge in [0, 0.05) is 6.20 Å². The molecule has 0 aliphatic rings. The summed E-state index contributed by atoms with van der Waals surface area (Å²) in [6, 6.07) is 0. The summed E-state index contributed by atoms with van der Waals surface area (Å²) in [7, 11) is 0. The fraction of sp³-hybridized carbons (Fsp3) is 0. The van der Waals surface area contributed by atoms with E-state index in [2.05, 4.69) is 18.2 Å². The Morgan fingerprint density at radius 1 is 1.70 bits per heavy atom. The summed E-state index contributed by atoms with van der Waals surface area (Å²) in [5, 5.41) is 8.25. The SMILES string of the molecule is C=CN=C(C(=C)Cl)C(=O)O. The van der Waals surface area contributed by atoms with Crippen LogP contribution in [0.4, 0.5) is 0 Å². The number of halogens is 1. The lowest BCUT2D eigenvalue weighted by molar-refractivity contribution is -0.129. The Kier molecular flexibility index (Phi) is 3.43. The summed E-state index contributed by atoms with van der Waals surface area (Å²) in [4.78, 5) is 13.6. The van der Waals surface area contributed by atoms with Crippen LogP contribution in [0.2, 0.25) is 0 Å². The molecule has 0 saturated carbocycles. The van der Waals surface area contributed by atoms with Crippen LogP contribution in [0.3, 0.4) is 0 Å². The number of carboxylic acid groups (broad SMARTS) is 1. The second kappa shape index (κ2) is 3.85. The Morgan fingerprint density at radius 2 is 2.20 bits per heavy atom. The summed E-state index contributed by atoms with van der Waals surface area (Å²) >= 11 is 5.26. The van der Waals surface area contributed by atoms with Gasteiger partial charge in [-0.3, -0.25) is 0 Å². The molecule has 4 heteroatoms. The minimum Gasteiger partial charge on any atom is -0.476 e. The molecular weight excluding hydrogens is 154 g/mol. The maximum atomic E-state index is 10.2. The molecule has 0 rings (SSSR count). The first-order valence-corrected chi connectivity index (χ1v) is 2.74. The molecular formula is C6H6ClNO2. The van der Waals surface area contributed by atoms with E-state index in [0.717, 1.165) is 6.20 Å². The highest BCUT2D eigenvalue weighted by atomic mass is 35.5. The third-order valence-electron chi connectivity index (χ3n) is 0.680. The molecule has 0 atom stereocenters. The molecule has 0 bridgehead atoms. The number of carboxylic acids is 1. The summed E-state index contributed by atoms with van der Waals surface area (Å²) in [6.45, 7) is 6.42. The van der Waals surface area contributed by atoms with Gasteiger partial charge in [-0.05, 0) is 0 Å². The molecule has 3 nitrogen and oxygen atoms in total. The molecule has 0 aromatic rings.